The van der Waals surface area contributed by atoms with E-state index in [4.69, 9.17) is 14.5 Å². The number of aromatic nitrogens is 2. The van der Waals surface area contributed by atoms with E-state index in [0.717, 1.165) is 53.1 Å². The van der Waals surface area contributed by atoms with Crippen molar-refractivity contribution in [2.45, 2.75) is 33.1 Å². The van der Waals surface area contributed by atoms with E-state index in [-0.39, 0.29) is 6.71 Å². The molecule has 0 spiro atoms. The first kappa shape index (κ1) is 22.7. The topological polar surface area (TPSA) is 47.1 Å². The maximum atomic E-state index is 5.78. The lowest BCUT2D eigenvalue weighted by molar-refractivity contribution is 0.340. The number of imidazole rings is 1. The van der Waals surface area contributed by atoms with Gasteiger partial charge in [0.2, 0.25) is 0 Å². The van der Waals surface area contributed by atoms with Gasteiger partial charge in [-0.25, -0.2) is 0 Å². The number of H-pyrrole nitrogens is 1. The van der Waals surface area contributed by atoms with Crippen molar-refractivity contribution in [3.8, 4) is 11.5 Å². The molecule has 1 heterocycles. The first-order valence-corrected chi connectivity index (χ1v) is 11.8. The molecule has 0 aliphatic heterocycles. The summed E-state index contributed by atoms with van der Waals surface area (Å²) < 4.78 is 11.6. The molecular formula is C28H31BN2O2. The van der Waals surface area contributed by atoms with Crippen molar-refractivity contribution in [1.82, 2.24) is 9.97 Å². The molecule has 4 nitrogen and oxygen atoms in total. The summed E-state index contributed by atoms with van der Waals surface area (Å²) in [6.07, 6.45) is 5.08. The molecule has 1 aromatic heterocycles. The van der Waals surface area contributed by atoms with Crippen molar-refractivity contribution in [1.29, 1.82) is 0 Å². The second kappa shape index (κ2) is 11.4. The van der Waals surface area contributed by atoms with Gasteiger partial charge >= 0.3 is 0 Å². The lowest BCUT2D eigenvalue weighted by atomic mass is 9.40. The van der Waals surface area contributed by atoms with Crippen LogP contribution in [0.5, 0.6) is 11.5 Å². The van der Waals surface area contributed by atoms with Crippen LogP contribution in [0.2, 0.25) is 0 Å². The second-order valence-electron chi connectivity index (χ2n) is 8.08. The Bertz CT molecular complexity index is 1090. The monoisotopic (exact) mass is 438 g/mol. The molecule has 3 aromatic carbocycles. The van der Waals surface area contributed by atoms with Crippen LogP contribution in [-0.4, -0.2) is 29.9 Å². The third-order valence-electron chi connectivity index (χ3n) is 5.68. The van der Waals surface area contributed by atoms with E-state index < -0.39 is 0 Å². The van der Waals surface area contributed by atoms with E-state index in [1.807, 2.05) is 44.3 Å². The number of nitrogens with zero attached hydrogens (tertiary/aromatic N) is 1. The fourth-order valence-electron chi connectivity index (χ4n) is 4.19. The highest BCUT2D eigenvalue weighted by Crippen LogP contribution is 2.11. The van der Waals surface area contributed by atoms with Crippen LogP contribution in [0.1, 0.15) is 31.5 Å². The van der Waals surface area contributed by atoms with Crippen LogP contribution >= 0.6 is 0 Å². The molecule has 0 fully saturated rings. The first-order chi connectivity index (χ1) is 16.3. The molecule has 0 aliphatic carbocycles. The molecule has 33 heavy (non-hydrogen) atoms. The highest BCUT2D eigenvalue weighted by atomic mass is 16.5. The first-order valence-electron chi connectivity index (χ1n) is 11.8. The molecule has 0 amide bonds. The van der Waals surface area contributed by atoms with E-state index in [0.29, 0.717) is 13.2 Å². The number of hydrogen-bond donors (Lipinski definition) is 1. The van der Waals surface area contributed by atoms with E-state index >= 15 is 0 Å². The summed E-state index contributed by atoms with van der Waals surface area (Å²) >= 11 is 0. The number of ether oxygens (including phenoxy) is 2. The summed E-state index contributed by atoms with van der Waals surface area (Å²) in [7, 11) is 0. The Morgan fingerprint density at radius 3 is 2.00 bits per heavy atom. The van der Waals surface area contributed by atoms with Gasteiger partial charge in [0.05, 0.1) is 18.9 Å². The molecule has 0 bridgehead atoms. The van der Waals surface area contributed by atoms with Crippen molar-refractivity contribution >= 4 is 23.4 Å². The normalized spacial score (nSPS) is 10.7. The van der Waals surface area contributed by atoms with Crippen molar-refractivity contribution in [3.05, 3.63) is 96.3 Å². The SMILES string of the molecule is CCOc1cccc(B(c2cccc(OCC)c2)c2ncc(CCCc3ccccc3)[nH]2)c1. The molecule has 0 aliphatic rings. The smallest absolute Gasteiger partial charge is 0.287 e. The highest BCUT2D eigenvalue weighted by Gasteiger charge is 2.26. The van der Waals surface area contributed by atoms with Gasteiger partial charge in [0, 0.05) is 11.9 Å². The highest BCUT2D eigenvalue weighted by molar-refractivity contribution is 6.94. The number of aromatic amines is 1. The van der Waals surface area contributed by atoms with Crippen LogP contribution in [0.25, 0.3) is 0 Å². The minimum atomic E-state index is -0.0336. The van der Waals surface area contributed by atoms with Gasteiger partial charge in [-0.1, -0.05) is 65.5 Å². The second-order valence-corrected chi connectivity index (χ2v) is 8.08. The van der Waals surface area contributed by atoms with Crippen LogP contribution in [-0.2, 0) is 12.8 Å². The standard InChI is InChI=1S/C28H31BN2O2/c1-3-32-26-17-9-14-23(19-26)29(24-15-10-18-27(20-24)33-4-2)28-30-21-25(31-28)16-8-13-22-11-6-5-7-12-22/h5-7,9-12,14-15,17-21H,3-4,8,13,16H2,1-2H3,(H,30,31). The summed E-state index contributed by atoms with van der Waals surface area (Å²) in [5, 5.41) is 0. The number of hydrogen-bond acceptors (Lipinski definition) is 3. The predicted molar refractivity (Wildman–Crippen MR) is 137 cm³/mol. The van der Waals surface area contributed by atoms with Gasteiger partial charge in [-0.15, -0.1) is 0 Å². The Balaban J connectivity index is 1.60. The molecule has 4 rings (SSSR count). The largest absolute Gasteiger partial charge is 0.494 e. The predicted octanol–water partition coefficient (Wildman–Crippen LogP) is 3.90. The number of nitrogens with one attached hydrogen (secondary N) is 1. The molecule has 1 N–H and O–H groups in total. The number of rotatable bonds is 11. The Morgan fingerprint density at radius 1 is 0.758 bits per heavy atom. The summed E-state index contributed by atoms with van der Waals surface area (Å²) in [4.78, 5) is 8.42. The van der Waals surface area contributed by atoms with Crippen molar-refractivity contribution < 1.29 is 9.47 Å². The van der Waals surface area contributed by atoms with E-state index in [9.17, 15) is 0 Å². The van der Waals surface area contributed by atoms with Gasteiger partial charge < -0.3 is 14.5 Å². The molecule has 0 atom stereocenters. The minimum Gasteiger partial charge on any atom is -0.494 e. The summed E-state index contributed by atoms with van der Waals surface area (Å²) in [5.41, 5.74) is 5.75. The molecular weight excluding hydrogens is 407 g/mol. The van der Waals surface area contributed by atoms with E-state index in [1.54, 1.807) is 0 Å². The molecule has 168 valence electrons. The molecule has 0 saturated carbocycles. The average molecular weight is 438 g/mol. The van der Waals surface area contributed by atoms with Gasteiger partial charge in [0.1, 0.15) is 11.5 Å². The van der Waals surface area contributed by atoms with Crippen molar-refractivity contribution in [3.63, 3.8) is 0 Å². The van der Waals surface area contributed by atoms with Crippen molar-refractivity contribution in [2.24, 2.45) is 0 Å². The quantitative estimate of drug-likeness (QED) is 0.362. The van der Waals surface area contributed by atoms with Crippen LogP contribution in [0.15, 0.2) is 85.1 Å². The lowest BCUT2D eigenvalue weighted by Crippen LogP contribution is -2.53. The molecule has 5 heteroatoms. The Morgan fingerprint density at radius 2 is 1.39 bits per heavy atom. The summed E-state index contributed by atoms with van der Waals surface area (Å²) in [5.74, 6) is 1.74. The van der Waals surface area contributed by atoms with Gasteiger partial charge in [-0.3, -0.25) is 4.98 Å². The fraction of sp³-hybridized carbons (Fsp3) is 0.250. The Labute approximate surface area is 197 Å². The number of aryl methyl sites for hydroxylation is 2. The summed E-state index contributed by atoms with van der Waals surface area (Å²) in [6, 6.07) is 27.2. The van der Waals surface area contributed by atoms with E-state index in [2.05, 4.69) is 59.6 Å². The average Bonchev–Trinajstić information content (AvgIpc) is 3.29. The fourth-order valence-corrected chi connectivity index (χ4v) is 4.19. The van der Waals surface area contributed by atoms with Gasteiger partial charge in [-0.05, 0) is 62.9 Å². The maximum Gasteiger partial charge on any atom is 0.287 e. The summed E-state index contributed by atoms with van der Waals surface area (Å²) in [6.45, 7) is 5.25. The van der Waals surface area contributed by atoms with Gasteiger partial charge in [0.25, 0.3) is 6.71 Å². The van der Waals surface area contributed by atoms with Gasteiger partial charge in [0.15, 0.2) is 0 Å². The van der Waals surface area contributed by atoms with Gasteiger partial charge in [-0.2, -0.15) is 0 Å². The zero-order valence-electron chi connectivity index (χ0n) is 19.5. The zero-order chi connectivity index (χ0) is 22.9. The molecule has 0 saturated heterocycles. The molecule has 0 unspecified atom stereocenters. The zero-order valence-corrected chi connectivity index (χ0v) is 19.5. The Kier molecular flexibility index (Phi) is 7.86. The third-order valence-corrected chi connectivity index (χ3v) is 5.68. The van der Waals surface area contributed by atoms with Crippen LogP contribution in [0.3, 0.4) is 0 Å². The van der Waals surface area contributed by atoms with Crippen molar-refractivity contribution in [2.75, 3.05) is 13.2 Å². The molecule has 0 radical (unpaired) electrons. The Hall–Kier alpha value is -3.47. The lowest BCUT2D eigenvalue weighted by Gasteiger charge is -2.15. The third kappa shape index (κ3) is 6.07. The van der Waals surface area contributed by atoms with Crippen LogP contribution in [0.4, 0.5) is 0 Å². The maximum absolute atomic E-state index is 5.78. The van der Waals surface area contributed by atoms with Crippen LogP contribution in [0, 0.1) is 0 Å². The minimum absolute atomic E-state index is 0.0336. The molecule has 4 aromatic rings. The van der Waals surface area contributed by atoms with Crippen LogP contribution < -0.4 is 26.1 Å². The number of benzene rings is 3. The van der Waals surface area contributed by atoms with E-state index in [1.165, 1.54) is 5.56 Å².